The van der Waals surface area contributed by atoms with Crippen LogP contribution in [-0.2, 0) is 0 Å². The Morgan fingerprint density at radius 2 is 1.25 bits per heavy atom. The minimum Gasteiger partial charge on any atom is -0.392 e. The van der Waals surface area contributed by atoms with Crippen molar-refractivity contribution < 1.29 is 10.2 Å². The zero-order valence-electron chi connectivity index (χ0n) is 10.6. The van der Waals surface area contributed by atoms with Gasteiger partial charge in [0.15, 0.2) is 0 Å². The van der Waals surface area contributed by atoms with Crippen LogP contribution < -0.4 is 0 Å². The topological polar surface area (TPSA) is 46.9 Å². The standard InChI is InChI=1S/2C6H13NO/c2*1-2-7-4-3-6(8)5-7/h2*6,8H,2-5H2,1H3. The first-order valence-electron chi connectivity index (χ1n) is 6.46. The van der Waals surface area contributed by atoms with E-state index in [1.807, 2.05) is 0 Å². The molecule has 0 bridgehead atoms. The molecule has 2 aliphatic rings. The molecule has 0 amide bonds. The summed E-state index contributed by atoms with van der Waals surface area (Å²) in [6, 6.07) is 0. The van der Waals surface area contributed by atoms with Crippen LogP contribution in [0.3, 0.4) is 0 Å². The first-order chi connectivity index (χ1) is 7.65. The Morgan fingerprint density at radius 3 is 1.38 bits per heavy atom. The molecule has 96 valence electrons. The van der Waals surface area contributed by atoms with Crippen molar-refractivity contribution in [3.8, 4) is 0 Å². The second-order valence-electron chi connectivity index (χ2n) is 4.67. The minimum atomic E-state index is -0.0463. The SMILES string of the molecule is CCN1CCC(O)C1.CCN1CCC(O)C1. The average Bonchev–Trinajstić information content (AvgIpc) is 2.88. The molecule has 4 nitrogen and oxygen atoms in total. The van der Waals surface area contributed by atoms with E-state index in [1.54, 1.807) is 0 Å². The highest BCUT2D eigenvalue weighted by Crippen LogP contribution is 2.07. The Labute approximate surface area is 98.9 Å². The lowest BCUT2D eigenvalue weighted by Crippen LogP contribution is -2.21. The molecular weight excluding hydrogens is 204 g/mol. The van der Waals surface area contributed by atoms with Gasteiger partial charge in [0.1, 0.15) is 0 Å². The molecule has 2 unspecified atom stereocenters. The predicted octanol–water partition coefficient (Wildman–Crippen LogP) is 0.146. The Hall–Kier alpha value is -0.160. The van der Waals surface area contributed by atoms with Crippen LogP contribution in [0.1, 0.15) is 26.7 Å². The van der Waals surface area contributed by atoms with Gasteiger partial charge in [-0.3, -0.25) is 0 Å². The number of hydrogen-bond donors (Lipinski definition) is 2. The highest BCUT2D eigenvalue weighted by molar-refractivity contribution is 4.73. The maximum atomic E-state index is 8.99. The van der Waals surface area contributed by atoms with Gasteiger partial charge in [0.2, 0.25) is 0 Å². The lowest BCUT2D eigenvalue weighted by Gasteiger charge is -2.09. The molecule has 2 N–H and O–H groups in total. The third kappa shape index (κ3) is 4.78. The Morgan fingerprint density at radius 1 is 0.875 bits per heavy atom. The summed E-state index contributed by atoms with van der Waals surface area (Å²) in [6.45, 7) is 10.3. The van der Waals surface area contributed by atoms with Gasteiger partial charge in [-0.25, -0.2) is 0 Å². The number of aliphatic hydroxyl groups excluding tert-OH is 2. The number of nitrogens with zero attached hydrogens (tertiary/aromatic N) is 2. The molecule has 0 aromatic rings. The van der Waals surface area contributed by atoms with Crippen LogP contribution >= 0.6 is 0 Å². The number of likely N-dealkylation sites (tertiary alicyclic amines) is 2. The summed E-state index contributed by atoms with van der Waals surface area (Å²) >= 11 is 0. The quantitative estimate of drug-likeness (QED) is 0.709. The van der Waals surface area contributed by atoms with Crippen LogP contribution in [0.15, 0.2) is 0 Å². The van der Waals surface area contributed by atoms with E-state index in [9.17, 15) is 0 Å². The summed E-state index contributed by atoms with van der Waals surface area (Å²) in [5.74, 6) is 0. The molecule has 2 aliphatic heterocycles. The molecule has 0 aromatic heterocycles. The molecule has 0 aromatic carbocycles. The average molecular weight is 230 g/mol. The fourth-order valence-corrected chi connectivity index (χ4v) is 2.20. The fourth-order valence-electron chi connectivity index (χ4n) is 2.20. The number of likely N-dealkylation sites (N-methyl/N-ethyl adjacent to an activating group) is 2. The monoisotopic (exact) mass is 230 g/mol. The first-order valence-corrected chi connectivity index (χ1v) is 6.46. The number of rotatable bonds is 2. The largest absolute Gasteiger partial charge is 0.392 e. The highest BCUT2D eigenvalue weighted by atomic mass is 16.3. The van der Waals surface area contributed by atoms with Crippen LogP contribution in [0.4, 0.5) is 0 Å². The molecule has 2 rings (SSSR count). The molecule has 0 spiro atoms. The Kier molecular flexibility index (Phi) is 6.28. The molecule has 2 fully saturated rings. The number of aliphatic hydroxyl groups is 2. The van der Waals surface area contributed by atoms with Crippen LogP contribution in [0.25, 0.3) is 0 Å². The van der Waals surface area contributed by atoms with Crippen molar-refractivity contribution in [3.63, 3.8) is 0 Å². The van der Waals surface area contributed by atoms with E-state index in [4.69, 9.17) is 10.2 Å². The third-order valence-corrected chi connectivity index (χ3v) is 3.39. The summed E-state index contributed by atoms with van der Waals surface area (Å²) in [6.07, 6.45) is 1.84. The second kappa shape index (κ2) is 7.22. The molecular formula is C12H26N2O2. The van der Waals surface area contributed by atoms with E-state index in [2.05, 4.69) is 23.6 Å². The van der Waals surface area contributed by atoms with E-state index < -0.39 is 0 Å². The van der Waals surface area contributed by atoms with Gasteiger partial charge in [-0.1, -0.05) is 13.8 Å². The van der Waals surface area contributed by atoms with Crippen molar-refractivity contribution in [1.29, 1.82) is 0 Å². The van der Waals surface area contributed by atoms with Gasteiger partial charge in [-0.05, 0) is 25.9 Å². The zero-order valence-corrected chi connectivity index (χ0v) is 10.6. The van der Waals surface area contributed by atoms with Gasteiger partial charge < -0.3 is 20.0 Å². The summed E-state index contributed by atoms with van der Waals surface area (Å²) < 4.78 is 0. The summed E-state index contributed by atoms with van der Waals surface area (Å²) in [5.41, 5.74) is 0. The van der Waals surface area contributed by atoms with Crippen molar-refractivity contribution in [2.24, 2.45) is 0 Å². The van der Waals surface area contributed by atoms with Crippen LogP contribution in [0.2, 0.25) is 0 Å². The van der Waals surface area contributed by atoms with E-state index in [1.165, 1.54) is 0 Å². The van der Waals surface area contributed by atoms with Gasteiger partial charge in [-0.15, -0.1) is 0 Å². The fraction of sp³-hybridized carbons (Fsp3) is 1.00. The van der Waals surface area contributed by atoms with Gasteiger partial charge in [0.25, 0.3) is 0 Å². The minimum absolute atomic E-state index is 0.0463. The molecule has 2 atom stereocenters. The molecule has 16 heavy (non-hydrogen) atoms. The zero-order chi connectivity index (χ0) is 12.0. The van der Waals surface area contributed by atoms with Crippen molar-refractivity contribution in [1.82, 2.24) is 9.80 Å². The van der Waals surface area contributed by atoms with Crippen molar-refractivity contribution in [3.05, 3.63) is 0 Å². The molecule has 0 aliphatic carbocycles. The van der Waals surface area contributed by atoms with Gasteiger partial charge in [-0.2, -0.15) is 0 Å². The number of hydrogen-bond acceptors (Lipinski definition) is 4. The first kappa shape index (κ1) is 13.9. The van der Waals surface area contributed by atoms with Crippen molar-refractivity contribution in [2.45, 2.75) is 38.9 Å². The summed E-state index contributed by atoms with van der Waals surface area (Å²) in [5, 5.41) is 18.0. The third-order valence-electron chi connectivity index (χ3n) is 3.39. The maximum absolute atomic E-state index is 8.99. The van der Waals surface area contributed by atoms with Crippen LogP contribution in [0, 0.1) is 0 Å². The van der Waals surface area contributed by atoms with E-state index >= 15 is 0 Å². The van der Waals surface area contributed by atoms with E-state index in [0.717, 1.165) is 52.1 Å². The van der Waals surface area contributed by atoms with Gasteiger partial charge in [0.05, 0.1) is 12.2 Å². The van der Waals surface area contributed by atoms with Crippen molar-refractivity contribution in [2.75, 3.05) is 39.3 Å². The Balaban J connectivity index is 0.000000160. The van der Waals surface area contributed by atoms with Crippen molar-refractivity contribution >= 4 is 0 Å². The molecule has 2 heterocycles. The molecule has 2 saturated heterocycles. The van der Waals surface area contributed by atoms with Gasteiger partial charge >= 0.3 is 0 Å². The smallest absolute Gasteiger partial charge is 0.0679 e. The summed E-state index contributed by atoms with van der Waals surface area (Å²) in [4.78, 5) is 4.51. The normalized spacial score (nSPS) is 31.5. The Bertz CT molecular complexity index is 170. The molecule has 0 radical (unpaired) electrons. The summed E-state index contributed by atoms with van der Waals surface area (Å²) in [7, 11) is 0. The maximum Gasteiger partial charge on any atom is 0.0679 e. The predicted molar refractivity (Wildman–Crippen MR) is 65.5 cm³/mol. The van der Waals surface area contributed by atoms with E-state index in [0.29, 0.717) is 0 Å². The number of β-amino-alcohol motifs (C(OH)–C–C–N with tert-alkyl or cyclic N) is 2. The molecule has 4 heteroatoms. The van der Waals surface area contributed by atoms with Gasteiger partial charge in [0, 0.05) is 26.2 Å². The lowest BCUT2D eigenvalue weighted by molar-refractivity contribution is 0.178. The van der Waals surface area contributed by atoms with Crippen LogP contribution in [0.5, 0.6) is 0 Å². The van der Waals surface area contributed by atoms with E-state index in [-0.39, 0.29) is 12.2 Å². The van der Waals surface area contributed by atoms with Crippen LogP contribution in [-0.4, -0.2) is 71.5 Å². The molecule has 0 saturated carbocycles. The lowest BCUT2D eigenvalue weighted by atomic mass is 10.3. The highest BCUT2D eigenvalue weighted by Gasteiger charge is 2.18. The second-order valence-corrected chi connectivity index (χ2v) is 4.67.